The first kappa shape index (κ1) is 15.6. The Morgan fingerprint density at radius 3 is 2.68 bits per heavy atom. The molecule has 2 unspecified atom stereocenters. The van der Waals surface area contributed by atoms with Crippen LogP contribution >= 0.6 is 0 Å². The van der Waals surface area contributed by atoms with Crippen LogP contribution in [0.4, 0.5) is 0 Å². The van der Waals surface area contributed by atoms with E-state index < -0.39 is 0 Å². The SMILES string of the molecule is C#CCN(CC#CC)C(=O)[C@@H](C)N1NC(C)CC1C. The first-order valence-corrected chi connectivity index (χ1v) is 6.67. The topological polar surface area (TPSA) is 35.6 Å². The molecule has 0 aromatic rings. The summed E-state index contributed by atoms with van der Waals surface area (Å²) in [6.45, 7) is 8.60. The molecule has 0 aliphatic carbocycles. The molecular formula is C15H23N3O. The Hall–Kier alpha value is -1.49. The van der Waals surface area contributed by atoms with Crippen LogP contribution in [0.3, 0.4) is 0 Å². The molecule has 0 spiro atoms. The molecule has 1 aliphatic rings. The average molecular weight is 261 g/mol. The Balaban J connectivity index is 2.72. The van der Waals surface area contributed by atoms with Crippen molar-refractivity contribution in [3.8, 4) is 24.2 Å². The number of hydrogen-bond donors (Lipinski definition) is 1. The Bertz CT molecular complexity index is 415. The summed E-state index contributed by atoms with van der Waals surface area (Å²) in [7, 11) is 0. The number of carbonyl (C=O) groups excluding carboxylic acids is 1. The van der Waals surface area contributed by atoms with E-state index in [-0.39, 0.29) is 11.9 Å². The maximum Gasteiger partial charge on any atom is 0.242 e. The van der Waals surface area contributed by atoms with E-state index in [0.717, 1.165) is 6.42 Å². The van der Waals surface area contributed by atoms with Gasteiger partial charge in [-0.15, -0.1) is 12.3 Å². The van der Waals surface area contributed by atoms with E-state index in [4.69, 9.17) is 6.42 Å². The molecule has 1 N–H and O–H groups in total. The fourth-order valence-electron chi connectivity index (χ4n) is 2.43. The zero-order valence-corrected chi connectivity index (χ0v) is 12.2. The second-order valence-electron chi connectivity index (χ2n) is 5.02. The van der Waals surface area contributed by atoms with E-state index in [1.54, 1.807) is 11.8 Å². The maximum atomic E-state index is 12.5. The molecule has 0 radical (unpaired) electrons. The molecule has 104 valence electrons. The summed E-state index contributed by atoms with van der Waals surface area (Å²) in [6.07, 6.45) is 6.36. The van der Waals surface area contributed by atoms with Crippen LogP contribution in [0.25, 0.3) is 0 Å². The van der Waals surface area contributed by atoms with E-state index in [9.17, 15) is 4.79 Å². The van der Waals surface area contributed by atoms with Gasteiger partial charge in [-0.1, -0.05) is 11.8 Å². The lowest BCUT2D eigenvalue weighted by Gasteiger charge is -2.31. The number of hydrogen-bond acceptors (Lipinski definition) is 3. The van der Waals surface area contributed by atoms with Gasteiger partial charge in [0.15, 0.2) is 0 Å². The van der Waals surface area contributed by atoms with Gasteiger partial charge in [0.05, 0.1) is 13.1 Å². The van der Waals surface area contributed by atoms with Gasteiger partial charge in [-0.2, -0.15) is 0 Å². The molecule has 1 aliphatic heterocycles. The third-order valence-electron chi connectivity index (χ3n) is 3.35. The zero-order valence-electron chi connectivity index (χ0n) is 12.2. The molecule has 1 fully saturated rings. The number of hydrazine groups is 1. The van der Waals surface area contributed by atoms with Crippen LogP contribution in [0.5, 0.6) is 0 Å². The van der Waals surface area contributed by atoms with Crippen LogP contribution in [0.2, 0.25) is 0 Å². The van der Waals surface area contributed by atoms with Crippen molar-refractivity contribution in [1.82, 2.24) is 15.3 Å². The largest absolute Gasteiger partial charge is 0.319 e. The monoisotopic (exact) mass is 261 g/mol. The van der Waals surface area contributed by atoms with Crippen LogP contribution in [0, 0.1) is 24.2 Å². The van der Waals surface area contributed by atoms with Gasteiger partial charge in [0, 0.05) is 12.1 Å². The number of carbonyl (C=O) groups is 1. The van der Waals surface area contributed by atoms with Gasteiger partial charge in [-0.25, -0.2) is 5.01 Å². The Labute approximate surface area is 116 Å². The predicted octanol–water partition coefficient (Wildman–Crippen LogP) is 0.847. The summed E-state index contributed by atoms with van der Waals surface area (Å²) in [5.74, 6) is 8.24. The third-order valence-corrected chi connectivity index (χ3v) is 3.35. The third kappa shape index (κ3) is 3.99. The molecule has 1 saturated heterocycles. The zero-order chi connectivity index (χ0) is 14.4. The highest BCUT2D eigenvalue weighted by atomic mass is 16.2. The quantitative estimate of drug-likeness (QED) is 0.762. The average Bonchev–Trinajstić information content (AvgIpc) is 2.72. The van der Waals surface area contributed by atoms with Crippen LogP contribution in [-0.4, -0.2) is 47.0 Å². The summed E-state index contributed by atoms with van der Waals surface area (Å²) in [5.41, 5.74) is 3.34. The molecule has 0 aromatic carbocycles. The molecule has 0 bridgehead atoms. The fourth-order valence-corrected chi connectivity index (χ4v) is 2.43. The number of rotatable bonds is 4. The van der Waals surface area contributed by atoms with E-state index in [0.29, 0.717) is 25.2 Å². The van der Waals surface area contributed by atoms with Crippen molar-refractivity contribution in [2.75, 3.05) is 13.1 Å². The predicted molar refractivity (Wildman–Crippen MR) is 76.8 cm³/mol. The van der Waals surface area contributed by atoms with Gasteiger partial charge < -0.3 is 4.90 Å². The summed E-state index contributed by atoms with van der Waals surface area (Å²) in [6, 6.07) is 0.521. The van der Waals surface area contributed by atoms with Crippen LogP contribution in [0.15, 0.2) is 0 Å². The van der Waals surface area contributed by atoms with E-state index in [2.05, 4.69) is 37.0 Å². The molecule has 1 amide bonds. The molecule has 4 nitrogen and oxygen atoms in total. The van der Waals surface area contributed by atoms with Gasteiger partial charge in [-0.3, -0.25) is 10.2 Å². The van der Waals surface area contributed by atoms with Crippen molar-refractivity contribution in [1.29, 1.82) is 0 Å². The van der Waals surface area contributed by atoms with Crippen molar-refractivity contribution in [3.05, 3.63) is 0 Å². The summed E-state index contributed by atoms with van der Waals surface area (Å²) >= 11 is 0. The highest BCUT2D eigenvalue weighted by Crippen LogP contribution is 2.17. The fraction of sp³-hybridized carbons (Fsp3) is 0.667. The van der Waals surface area contributed by atoms with E-state index >= 15 is 0 Å². The second kappa shape index (κ2) is 7.19. The Kier molecular flexibility index (Phi) is 5.89. The summed E-state index contributed by atoms with van der Waals surface area (Å²) in [4.78, 5) is 14.1. The van der Waals surface area contributed by atoms with Crippen molar-refractivity contribution in [3.63, 3.8) is 0 Å². The molecular weight excluding hydrogens is 238 g/mol. The highest BCUT2D eigenvalue weighted by molar-refractivity contribution is 5.82. The number of amides is 1. The lowest BCUT2D eigenvalue weighted by Crippen LogP contribution is -2.52. The molecule has 1 rings (SSSR count). The molecule has 3 atom stereocenters. The highest BCUT2D eigenvalue weighted by Gasteiger charge is 2.34. The van der Waals surface area contributed by atoms with E-state index in [1.807, 2.05) is 11.9 Å². The van der Waals surface area contributed by atoms with E-state index in [1.165, 1.54) is 0 Å². The second-order valence-corrected chi connectivity index (χ2v) is 5.02. The normalized spacial score (nSPS) is 24.2. The van der Waals surface area contributed by atoms with Crippen molar-refractivity contribution in [2.24, 2.45) is 0 Å². The summed E-state index contributed by atoms with van der Waals surface area (Å²) < 4.78 is 0. The smallest absolute Gasteiger partial charge is 0.242 e. The number of terminal acetylenes is 1. The van der Waals surface area contributed by atoms with Crippen molar-refractivity contribution in [2.45, 2.75) is 52.2 Å². The van der Waals surface area contributed by atoms with Gasteiger partial charge in [0.2, 0.25) is 5.91 Å². The van der Waals surface area contributed by atoms with Gasteiger partial charge >= 0.3 is 0 Å². The Morgan fingerprint density at radius 1 is 1.53 bits per heavy atom. The standard InChI is InChI=1S/C15H23N3O/c1-6-8-10-17(9-7-2)15(19)14(5)18-13(4)11-12(3)16-18/h2,12-14,16H,9-11H2,1,3-5H3/t12?,13?,14-/m1/s1. The van der Waals surface area contributed by atoms with Gasteiger partial charge in [0.25, 0.3) is 0 Å². The maximum absolute atomic E-state index is 12.5. The molecule has 4 heteroatoms. The van der Waals surface area contributed by atoms with Crippen molar-refractivity contribution < 1.29 is 4.79 Å². The minimum absolute atomic E-state index is 0.0224. The molecule has 0 saturated carbocycles. The van der Waals surface area contributed by atoms with Gasteiger partial charge in [0.1, 0.15) is 6.04 Å². The summed E-state index contributed by atoms with van der Waals surface area (Å²) in [5, 5.41) is 2.02. The lowest BCUT2D eigenvalue weighted by atomic mass is 10.1. The molecule has 1 heterocycles. The van der Waals surface area contributed by atoms with Crippen LogP contribution in [-0.2, 0) is 4.79 Å². The number of nitrogens with zero attached hydrogens (tertiary/aromatic N) is 2. The lowest BCUT2D eigenvalue weighted by molar-refractivity contribution is -0.136. The minimum atomic E-state index is -0.230. The van der Waals surface area contributed by atoms with Crippen molar-refractivity contribution >= 4 is 5.91 Å². The first-order valence-electron chi connectivity index (χ1n) is 6.67. The molecule has 19 heavy (non-hydrogen) atoms. The van der Waals surface area contributed by atoms with Gasteiger partial charge in [-0.05, 0) is 34.1 Å². The Morgan fingerprint density at radius 2 is 2.21 bits per heavy atom. The molecule has 0 aromatic heterocycles. The van der Waals surface area contributed by atoms with Crippen LogP contribution in [0.1, 0.15) is 34.1 Å². The number of nitrogens with one attached hydrogen (secondary N) is 1. The first-order chi connectivity index (χ1) is 9.01. The minimum Gasteiger partial charge on any atom is -0.319 e. The van der Waals surface area contributed by atoms with Crippen LogP contribution < -0.4 is 5.43 Å².